The predicted octanol–water partition coefficient (Wildman–Crippen LogP) is 1.74. The number of ether oxygens (including phenoxy) is 1. The van der Waals surface area contributed by atoms with Crippen LogP contribution >= 0.6 is 0 Å². The van der Waals surface area contributed by atoms with Crippen molar-refractivity contribution in [3.05, 3.63) is 59.9 Å². The number of carbonyl (C=O) groups excluding carboxylic acids is 2. The fourth-order valence-electron chi connectivity index (χ4n) is 2.87. The highest BCUT2D eigenvalue weighted by atomic mass is 19.1. The number of halogens is 1. The van der Waals surface area contributed by atoms with Crippen LogP contribution in [0.4, 0.5) is 10.1 Å². The molecule has 1 N–H and O–H groups in total. The maximum atomic E-state index is 13.0. The number of methoxy groups -OCH3 is 1. The monoisotopic (exact) mass is 358 g/mol. The largest absolute Gasteiger partial charge is 0.497 e. The molecule has 0 aliphatic carbocycles. The summed E-state index contributed by atoms with van der Waals surface area (Å²) in [7, 11) is 1.55. The summed E-state index contributed by atoms with van der Waals surface area (Å²) in [6.07, 6.45) is -1.42. The third-order valence-corrected chi connectivity index (χ3v) is 4.32. The average Bonchev–Trinajstić information content (AvgIpc) is 2.67. The van der Waals surface area contributed by atoms with E-state index in [1.54, 1.807) is 36.3 Å². The van der Waals surface area contributed by atoms with Crippen molar-refractivity contribution in [1.29, 1.82) is 0 Å². The third-order valence-electron chi connectivity index (χ3n) is 4.32. The number of amides is 2. The minimum absolute atomic E-state index is 0.131. The van der Waals surface area contributed by atoms with Crippen LogP contribution in [0.3, 0.4) is 0 Å². The molecule has 136 valence electrons. The van der Waals surface area contributed by atoms with E-state index in [1.807, 2.05) is 0 Å². The number of aliphatic hydroxyl groups excluding tert-OH is 1. The zero-order valence-electron chi connectivity index (χ0n) is 14.3. The smallest absolute Gasteiger partial charge is 0.256 e. The van der Waals surface area contributed by atoms with Gasteiger partial charge in [0.15, 0.2) is 6.10 Å². The first kappa shape index (κ1) is 17.9. The summed E-state index contributed by atoms with van der Waals surface area (Å²) in [5.41, 5.74) is 0.986. The first-order valence-corrected chi connectivity index (χ1v) is 8.16. The Kier molecular flexibility index (Phi) is 5.18. The molecule has 1 saturated heterocycles. The van der Waals surface area contributed by atoms with E-state index in [0.29, 0.717) is 30.1 Å². The van der Waals surface area contributed by atoms with Crippen molar-refractivity contribution in [3.63, 3.8) is 0 Å². The molecule has 0 radical (unpaired) electrons. The van der Waals surface area contributed by atoms with Crippen molar-refractivity contribution >= 4 is 17.5 Å². The molecule has 0 aromatic heterocycles. The van der Waals surface area contributed by atoms with Gasteiger partial charge in [-0.15, -0.1) is 0 Å². The topological polar surface area (TPSA) is 70.1 Å². The highest BCUT2D eigenvalue weighted by Crippen LogP contribution is 2.24. The van der Waals surface area contributed by atoms with Gasteiger partial charge in [-0.25, -0.2) is 4.39 Å². The van der Waals surface area contributed by atoms with Crippen LogP contribution in [0.1, 0.15) is 11.7 Å². The summed E-state index contributed by atoms with van der Waals surface area (Å²) in [5, 5.41) is 10.2. The Balaban J connectivity index is 1.68. The molecule has 1 heterocycles. The Morgan fingerprint density at radius 2 is 1.92 bits per heavy atom. The second-order valence-corrected chi connectivity index (χ2v) is 5.96. The highest BCUT2D eigenvalue weighted by Gasteiger charge is 2.31. The third kappa shape index (κ3) is 3.67. The van der Waals surface area contributed by atoms with Gasteiger partial charge in [0.1, 0.15) is 18.1 Å². The molecule has 1 atom stereocenters. The van der Waals surface area contributed by atoms with Crippen molar-refractivity contribution < 1.29 is 23.8 Å². The Labute approximate surface area is 150 Å². The van der Waals surface area contributed by atoms with Crippen molar-refractivity contribution in [2.45, 2.75) is 6.10 Å². The number of rotatable bonds is 4. The molecule has 6 nitrogen and oxygen atoms in total. The van der Waals surface area contributed by atoms with Crippen LogP contribution in [0.5, 0.6) is 5.75 Å². The molecule has 2 aromatic carbocycles. The summed E-state index contributed by atoms with van der Waals surface area (Å²) < 4.78 is 18.1. The van der Waals surface area contributed by atoms with Gasteiger partial charge < -0.3 is 19.6 Å². The van der Waals surface area contributed by atoms with Gasteiger partial charge in [0.05, 0.1) is 7.11 Å². The fourth-order valence-corrected chi connectivity index (χ4v) is 2.87. The van der Waals surface area contributed by atoms with E-state index in [0.717, 1.165) is 0 Å². The summed E-state index contributed by atoms with van der Waals surface area (Å²) >= 11 is 0. The average molecular weight is 358 g/mol. The van der Waals surface area contributed by atoms with Crippen LogP contribution < -0.4 is 9.64 Å². The summed E-state index contributed by atoms with van der Waals surface area (Å²) in [6.45, 7) is 0.474. The molecule has 0 saturated carbocycles. The molecule has 7 heteroatoms. The molecule has 0 bridgehead atoms. The van der Waals surface area contributed by atoms with Gasteiger partial charge in [0, 0.05) is 24.8 Å². The van der Waals surface area contributed by atoms with Gasteiger partial charge >= 0.3 is 0 Å². The number of anilines is 1. The van der Waals surface area contributed by atoms with E-state index in [1.165, 1.54) is 29.2 Å². The first-order valence-electron chi connectivity index (χ1n) is 8.16. The van der Waals surface area contributed by atoms with E-state index in [-0.39, 0.29) is 12.5 Å². The molecule has 0 spiro atoms. The standard InChI is InChI=1S/C19H19FN2O4/c1-26-16-4-2-3-15(11-16)22-10-9-21(12-17(22)23)19(25)18(24)13-5-7-14(20)8-6-13/h2-8,11,18,24H,9-10,12H2,1H3/t18-/m0/s1. The predicted molar refractivity (Wildman–Crippen MR) is 93.3 cm³/mol. The summed E-state index contributed by atoms with van der Waals surface area (Å²) in [4.78, 5) is 27.8. The lowest BCUT2D eigenvalue weighted by Crippen LogP contribution is -2.53. The number of benzene rings is 2. The van der Waals surface area contributed by atoms with Crippen LogP contribution in [-0.2, 0) is 9.59 Å². The maximum Gasteiger partial charge on any atom is 0.256 e. The van der Waals surface area contributed by atoms with Crippen molar-refractivity contribution in [1.82, 2.24) is 4.90 Å². The minimum Gasteiger partial charge on any atom is -0.497 e. The highest BCUT2D eigenvalue weighted by molar-refractivity contribution is 5.98. The molecule has 1 aliphatic heterocycles. The number of hydrogen-bond donors (Lipinski definition) is 1. The number of hydrogen-bond acceptors (Lipinski definition) is 4. The summed E-state index contributed by atoms with van der Waals surface area (Å²) in [6, 6.07) is 12.2. The number of nitrogens with zero attached hydrogens (tertiary/aromatic N) is 2. The van der Waals surface area contributed by atoms with Crippen molar-refractivity contribution in [2.24, 2.45) is 0 Å². The molecule has 2 aromatic rings. The number of aliphatic hydroxyl groups is 1. The maximum absolute atomic E-state index is 13.0. The van der Waals surface area contributed by atoms with Crippen LogP contribution in [0.15, 0.2) is 48.5 Å². The molecular formula is C19H19FN2O4. The van der Waals surface area contributed by atoms with Crippen LogP contribution in [0.25, 0.3) is 0 Å². The zero-order valence-corrected chi connectivity index (χ0v) is 14.3. The quantitative estimate of drug-likeness (QED) is 0.904. The molecular weight excluding hydrogens is 339 g/mol. The zero-order chi connectivity index (χ0) is 18.7. The van der Waals surface area contributed by atoms with Crippen molar-refractivity contribution in [2.75, 3.05) is 31.6 Å². The van der Waals surface area contributed by atoms with E-state index < -0.39 is 17.8 Å². The lowest BCUT2D eigenvalue weighted by Gasteiger charge is -2.35. The number of piperazine rings is 1. The SMILES string of the molecule is COc1cccc(N2CCN(C(=O)[C@@H](O)c3ccc(F)cc3)CC2=O)c1. The van der Waals surface area contributed by atoms with Gasteiger partial charge in [-0.3, -0.25) is 9.59 Å². The van der Waals surface area contributed by atoms with E-state index in [9.17, 15) is 19.1 Å². The van der Waals surface area contributed by atoms with Gasteiger partial charge in [-0.1, -0.05) is 18.2 Å². The van der Waals surface area contributed by atoms with Gasteiger partial charge in [0.25, 0.3) is 5.91 Å². The first-order chi connectivity index (χ1) is 12.5. The molecule has 1 fully saturated rings. The van der Waals surface area contributed by atoms with Crippen LogP contribution in [-0.4, -0.2) is 48.6 Å². The molecule has 0 unspecified atom stereocenters. The van der Waals surface area contributed by atoms with Crippen molar-refractivity contribution in [3.8, 4) is 5.75 Å². The fraction of sp³-hybridized carbons (Fsp3) is 0.263. The van der Waals surface area contributed by atoms with E-state index in [4.69, 9.17) is 4.74 Å². The molecule has 3 rings (SSSR count). The van der Waals surface area contributed by atoms with Gasteiger partial charge in [-0.2, -0.15) is 0 Å². The van der Waals surface area contributed by atoms with Gasteiger partial charge in [-0.05, 0) is 29.8 Å². The Morgan fingerprint density at radius 3 is 2.58 bits per heavy atom. The second kappa shape index (κ2) is 7.53. The molecule has 1 aliphatic rings. The lowest BCUT2D eigenvalue weighted by atomic mass is 10.1. The Morgan fingerprint density at radius 1 is 1.19 bits per heavy atom. The number of carbonyl (C=O) groups is 2. The summed E-state index contributed by atoms with van der Waals surface area (Å²) in [5.74, 6) is -0.629. The van der Waals surface area contributed by atoms with E-state index >= 15 is 0 Å². The van der Waals surface area contributed by atoms with Crippen LogP contribution in [0, 0.1) is 5.82 Å². The van der Waals surface area contributed by atoms with Crippen LogP contribution in [0.2, 0.25) is 0 Å². The van der Waals surface area contributed by atoms with E-state index in [2.05, 4.69) is 0 Å². The lowest BCUT2D eigenvalue weighted by molar-refractivity contribution is -0.144. The minimum atomic E-state index is -1.42. The Hall–Kier alpha value is -2.93. The second-order valence-electron chi connectivity index (χ2n) is 5.96. The Bertz CT molecular complexity index is 809. The van der Waals surface area contributed by atoms with Gasteiger partial charge in [0.2, 0.25) is 5.91 Å². The molecule has 2 amide bonds. The molecule has 26 heavy (non-hydrogen) atoms. The normalized spacial score (nSPS) is 15.7.